The molecule has 6 heteroatoms. The zero-order chi connectivity index (χ0) is 13.1. The van der Waals surface area contributed by atoms with E-state index in [1.165, 1.54) is 17.3 Å². The molecule has 0 atom stereocenters. The topological polar surface area (TPSA) is 72.7 Å². The fourth-order valence-corrected chi connectivity index (χ4v) is 1.86. The van der Waals surface area contributed by atoms with Gasteiger partial charge in [-0.25, -0.2) is 9.67 Å². The van der Waals surface area contributed by atoms with Crippen molar-refractivity contribution in [3.63, 3.8) is 0 Å². The molecule has 3 aromatic rings. The number of hydrogen-bond acceptors (Lipinski definition) is 4. The molecule has 0 unspecified atom stereocenters. The average Bonchev–Trinajstić information content (AvgIpc) is 2.92. The van der Waals surface area contributed by atoms with Crippen molar-refractivity contribution in [1.29, 1.82) is 0 Å². The molecule has 0 bridgehead atoms. The molecule has 1 N–H and O–H groups in total. The normalized spacial score (nSPS) is 10.5. The van der Waals surface area contributed by atoms with Crippen LogP contribution in [0.4, 0.5) is 5.69 Å². The van der Waals surface area contributed by atoms with Gasteiger partial charge in [0.15, 0.2) is 0 Å². The van der Waals surface area contributed by atoms with E-state index in [1.54, 1.807) is 6.20 Å². The molecular formula is C13H11N5O. The van der Waals surface area contributed by atoms with Crippen LogP contribution in [0.2, 0.25) is 0 Å². The van der Waals surface area contributed by atoms with Crippen LogP contribution in [-0.4, -0.2) is 25.7 Å². The van der Waals surface area contributed by atoms with Gasteiger partial charge < -0.3 is 5.32 Å². The van der Waals surface area contributed by atoms with Crippen molar-refractivity contribution in [2.75, 3.05) is 5.32 Å². The first-order chi connectivity index (χ1) is 9.33. The first-order valence-electron chi connectivity index (χ1n) is 5.79. The summed E-state index contributed by atoms with van der Waals surface area (Å²) < 4.78 is 1.47. The Kier molecular flexibility index (Phi) is 2.89. The summed E-state index contributed by atoms with van der Waals surface area (Å²) in [5.74, 6) is -0.163. The zero-order valence-corrected chi connectivity index (χ0v) is 10.0. The largest absolute Gasteiger partial charge is 0.323 e. The predicted octanol–water partition coefficient (Wildman–Crippen LogP) is 1.46. The number of benzene rings is 1. The van der Waals surface area contributed by atoms with E-state index in [1.807, 2.05) is 30.3 Å². The minimum Gasteiger partial charge on any atom is -0.323 e. The van der Waals surface area contributed by atoms with Gasteiger partial charge in [0.1, 0.15) is 19.2 Å². The molecular weight excluding hydrogens is 242 g/mol. The summed E-state index contributed by atoms with van der Waals surface area (Å²) in [6, 6.07) is 9.48. The molecule has 6 nitrogen and oxygen atoms in total. The molecule has 3 rings (SSSR count). The van der Waals surface area contributed by atoms with E-state index in [9.17, 15) is 4.79 Å². The Morgan fingerprint density at radius 3 is 3.00 bits per heavy atom. The van der Waals surface area contributed by atoms with Gasteiger partial charge in [-0.1, -0.05) is 18.2 Å². The maximum Gasteiger partial charge on any atom is 0.246 e. The lowest BCUT2D eigenvalue weighted by molar-refractivity contribution is -0.116. The van der Waals surface area contributed by atoms with E-state index >= 15 is 0 Å². The minimum absolute atomic E-state index is 0.128. The molecule has 19 heavy (non-hydrogen) atoms. The van der Waals surface area contributed by atoms with E-state index in [0.29, 0.717) is 5.69 Å². The SMILES string of the molecule is O=C(Cn1cncn1)Nc1cccc2cccnc12. The lowest BCUT2D eigenvalue weighted by Gasteiger charge is -2.07. The number of amides is 1. The smallest absolute Gasteiger partial charge is 0.246 e. The van der Waals surface area contributed by atoms with Gasteiger partial charge in [0.05, 0.1) is 11.2 Å². The van der Waals surface area contributed by atoms with Gasteiger partial charge in [-0.2, -0.15) is 5.10 Å². The summed E-state index contributed by atoms with van der Waals surface area (Å²) in [7, 11) is 0. The van der Waals surface area contributed by atoms with Crippen molar-refractivity contribution < 1.29 is 4.79 Å². The van der Waals surface area contributed by atoms with Crippen LogP contribution in [-0.2, 0) is 11.3 Å². The van der Waals surface area contributed by atoms with E-state index in [0.717, 1.165) is 10.9 Å². The summed E-state index contributed by atoms with van der Waals surface area (Å²) in [6.45, 7) is 0.128. The number of fused-ring (bicyclic) bond motifs is 1. The third-order valence-electron chi connectivity index (χ3n) is 2.68. The number of aromatic nitrogens is 4. The predicted molar refractivity (Wildman–Crippen MR) is 70.4 cm³/mol. The van der Waals surface area contributed by atoms with Crippen molar-refractivity contribution in [2.24, 2.45) is 0 Å². The highest BCUT2D eigenvalue weighted by atomic mass is 16.2. The first kappa shape index (κ1) is 11.3. The number of nitrogens with one attached hydrogen (secondary N) is 1. The lowest BCUT2D eigenvalue weighted by atomic mass is 10.2. The van der Waals surface area contributed by atoms with Crippen LogP contribution in [0, 0.1) is 0 Å². The monoisotopic (exact) mass is 253 g/mol. The van der Waals surface area contributed by atoms with Gasteiger partial charge >= 0.3 is 0 Å². The third-order valence-corrected chi connectivity index (χ3v) is 2.68. The van der Waals surface area contributed by atoms with Gasteiger partial charge in [-0.15, -0.1) is 0 Å². The summed E-state index contributed by atoms with van der Waals surface area (Å²) in [4.78, 5) is 20.0. The summed E-state index contributed by atoms with van der Waals surface area (Å²) in [5.41, 5.74) is 1.47. The highest BCUT2D eigenvalue weighted by Gasteiger charge is 2.07. The van der Waals surface area contributed by atoms with Gasteiger partial charge in [0.2, 0.25) is 5.91 Å². The average molecular weight is 253 g/mol. The molecule has 0 fully saturated rings. The molecule has 0 saturated carbocycles. The fraction of sp³-hybridized carbons (Fsp3) is 0.0769. The Hall–Kier alpha value is -2.76. The van der Waals surface area contributed by atoms with Crippen molar-refractivity contribution in [1.82, 2.24) is 19.7 Å². The Morgan fingerprint density at radius 1 is 1.26 bits per heavy atom. The Balaban J connectivity index is 1.83. The lowest BCUT2D eigenvalue weighted by Crippen LogP contribution is -2.19. The van der Waals surface area contributed by atoms with Crippen LogP contribution in [0.15, 0.2) is 49.2 Å². The third kappa shape index (κ3) is 2.42. The summed E-state index contributed by atoms with van der Waals surface area (Å²) in [6.07, 6.45) is 4.60. The van der Waals surface area contributed by atoms with Crippen LogP contribution in [0.25, 0.3) is 10.9 Å². The van der Waals surface area contributed by atoms with Crippen LogP contribution < -0.4 is 5.32 Å². The molecule has 1 amide bonds. The molecule has 2 heterocycles. The van der Waals surface area contributed by atoms with Crippen LogP contribution >= 0.6 is 0 Å². The number of anilines is 1. The molecule has 0 aliphatic rings. The summed E-state index contributed by atoms with van der Waals surface area (Å²) in [5, 5.41) is 7.71. The second kappa shape index (κ2) is 4.85. The number of carbonyl (C=O) groups is 1. The molecule has 0 aliphatic heterocycles. The van der Waals surface area contributed by atoms with Crippen LogP contribution in [0.5, 0.6) is 0 Å². The number of carbonyl (C=O) groups excluding carboxylic acids is 1. The Morgan fingerprint density at radius 2 is 2.16 bits per heavy atom. The summed E-state index contributed by atoms with van der Waals surface area (Å²) >= 11 is 0. The standard InChI is InChI=1S/C13H11N5O/c19-12(7-18-9-14-8-16-18)17-11-5-1-3-10-4-2-6-15-13(10)11/h1-6,8-9H,7H2,(H,17,19). The zero-order valence-electron chi connectivity index (χ0n) is 10.0. The molecule has 0 radical (unpaired) electrons. The van der Waals surface area contributed by atoms with Crippen LogP contribution in [0.1, 0.15) is 0 Å². The Labute approximate surface area is 109 Å². The highest BCUT2D eigenvalue weighted by Crippen LogP contribution is 2.20. The second-order valence-corrected chi connectivity index (χ2v) is 4.02. The van der Waals surface area contributed by atoms with E-state index in [2.05, 4.69) is 20.4 Å². The van der Waals surface area contributed by atoms with E-state index < -0.39 is 0 Å². The van der Waals surface area contributed by atoms with Crippen molar-refractivity contribution >= 4 is 22.5 Å². The molecule has 94 valence electrons. The van der Waals surface area contributed by atoms with Crippen molar-refractivity contribution in [3.05, 3.63) is 49.2 Å². The molecule has 1 aromatic carbocycles. The van der Waals surface area contributed by atoms with Gasteiger partial charge in [-0.05, 0) is 12.1 Å². The van der Waals surface area contributed by atoms with Crippen LogP contribution in [0.3, 0.4) is 0 Å². The van der Waals surface area contributed by atoms with Crippen molar-refractivity contribution in [2.45, 2.75) is 6.54 Å². The molecule has 2 aromatic heterocycles. The number of rotatable bonds is 3. The van der Waals surface area contributed by atoms with Gasteiger partial charge in [-0.3, -0.25) is 9.78 Å². The number of para-hydroxylation sites is 1. The van der Waals surface area contributed by atoms with Gasteiger partial charge in [0.25, 0.3) is 0 Å². The van der Waals surface area contributed by atoms with E-state index in [4.69, 9.17) is 0 Å². The van der Waals surface area contributed by atoms with E-state index in [-0.39, 0.29) is 12.5 Å². The molecule has 0 spiro atoms. The molecule has 0 aliphatic carbocycles. The highest BCUT2D eigenvalue weighted by molar-refractivity contribution is 5.99. The first-order valence-corrected chi connectivity index (χ1v) is 5.79. The quantitative estimate of drug-likeness (QED) is 0.767. The number of nitrogens with zero attached hydrogens (tertiary/aromatic N) is 4. The number of hydrogen-bond donors (Lipinski definition) is 1. The minimum atomic E-state index is -0.163. The maximum absolute atomic E-state index is 11.9. The van der Waals surface area contributed by atoms with Gasteiger partial charge in [0, 0.05) is 11.6 Å². The number of pyridine rings is 1. The maximum atomic E-state index is 11.9. The fourth-order valence-electron chi connectivity index (χ4n) is 1.86. The van der Waals surface area contributed by atoms with Crippen molar-refractivity contribution in [3.8, 4) is 0 Å². The second-order valence-electron chi connectivity index (χ2n) is 4.02. The Bertz CT molecular complexity index is 703. The molecule has 0 saturated heterocycles.